The van der Waals surface area contributed by atoms with Gasteiger partial charge < -0.3 is 15.7 Å². The summed E-state index contributed by atoms with van der Waals surface area (Å²) in [7, 11) is 0. The maximum Gasteiger partial charge on any atom is 0.124 e. The number of nitrogens with two attached hydrogens (primary N) is 1. The van der Waals surface area contributed by atoms with Crippen LogP contribution in [0.2, 0.25) is 5.02 Å². The van der Waals surface area contributed by atoms with Crippen LogP contribution in [-0.2, 0) is 0 Å². The van der Waals surface area contributed by atoms with E-state index in [2.05, 4.69) is 0 Å². The van der Waals surface area contributed by atoms with E-state index in [9.17, 15) is 5.11 Å². The zero-order valence-electron chi connectivity index (χ0n) is 8.78. The summed E-state index contributed by atoms with van der Waals surface area (Å²) in [4.78, 5) is 2.03. The highest BCUT2D eigenvalue weighted by Crippen LogP contribution is 2.27. The largest absolute Gasteiger partial charge is 0.391 e. The molecule has 86 valence electrons. The van der Waals surface area contributed by atoms with Gasteiger partial charge in [0.05, 0.1) is 6.10 Å². The highest BCUT2D eigenvalue weighted by atomic mass is 35.5. The normalized spacial score (nSPS) is 20.1. The number of rotatable bonds is 2. The van der Waals surface area contributed by atoms with E-state index >= 15 is 0 Å². The van der Waals surface area contributed by atoms with E-state index in [0.29, 0.717) is 17.1 Å². The summed E-state index contributed by atoms with van der Waals surface area (Å²) in [5.74, 6) is -0.00103. The smallest absolute Gasteiger partial charge is 0.124 e. The molecule has 0 bridgehead atoms. The summed E-state index contributed by atoms with van der Waals surface area (Å²) < 4.78 is 0. The first-order valence-corrected chi connectivity index (χ1v) is 5.52. The summed E-state index contributed by atoms with van der Waals surface area (Å²) in [6.45, 7) is 1.37. The van der Waals surface area contributed by atoms with Crippen LogP contribution in [0.15, 0.2) is 18.2 Å². The molecule has 1 unspecified atom stereocenters. The number of nitrogens with one attached hydrogen (secondary N) is 1. The minimum atomic E-state index is -0.296. The van der Waals surface area contributed by atoms with Crippen LogP contribution in [0.1, 0.15) is 12.0 Å². The monoisotopic (exact) mass is 239 g/mol. The number of amidine groups is 1. The molecular formula is C11H14ClN3O. The lowest BCUT2D eigenvalue weighted by Crippen LogP contribution is -2.25. The Balaban J connectivity index is 2.36. The maximum atomic E-state index is 9.49. The lowest BCUT2D eigenvalue weighted by molar-refractivity contribution is 0.198. The molecule has 0 spiro atoms. The van der Waals surface area contributed by atoms with Crippen molar-refractivity contribution in [2.24, 2.45) is 5.73 Å². The van der Waals surface area contributed by atoms with Gasteiger partial charge in [-0.1, -0.05) is 11.6 Å². The Morgan fingerprint density at radius 1 is 1.56 bits per heavy atom. The minimum Gasteiger partial charge on any atom is -0.391 e. The third kappa shape index (κ3) is 2.13. The Hall–Kier alpha value is -1.26. The molecule has 0 radical (unpaired) electrons. The van der Waals surface area contributed by atoms with Crippen molar-refractivity contribution in [3.63, 3.8) is 0 Å². The number of nitrogens with zero attached hydrogens (tertiary/aromatic N) is 1. The number of hydrogen-bond acceptors (Lipinski definition) is 3. The molecule has 0 saturated carbocycles. The first-order chi connectivity index (χ1) is 7.58. The molecule has 1 fully saturated rings. The van der Waals surface area contributed by atoms with Crippen LogP contribution in [-0.4, -0.2) is 30.1 Å². The van der Waals surface area contributed by atoms with Gasteiger partial charge in [-0.05, 0) is 24.6 Å². The van der Waals surface area contributed by atoms with Gasteiger partial charge in [-0.3, -0.25) is 5.41 Å². The number of anilines is 1. The van der Waals surface area contributed by atoms with E-state index < -0.39 is 0 Å². The first kappa shape index (κ1) is 11.2. The Labute approximate surface area is 99.1 Å². The molecule has 1 aromatic rings. The average molecular weight is 240 g/mol. The molecular weight excluding hydrogens is 226 g/mol. The number of benzene rings is 1. The summed E-state index contributed by atoms with van der Waals surface area (Å²) in [5, 5.41) is 17.6. The van der Waals surface area contributed by atoms with E-state index in [1.165, 1.54) is 0 Å². The van der Waals surface area contributed by atoms with Crippen molar-refractivity contribution in [1.82, 2.24) is 0 Å². The Morgan fingerprint density at radius 3 is 2.88 bits per heavy atom. The van der Waals surface area contributed by atoms with Gasteiger partial charge in [-0.25, -0.2) is 0 Å². The summed E-state index contributed by atoms with van der Waals surface area (Å²) in [6, 6.07) is 5.30. The molecule has 1 aliphatic heterocycles. The van der Waals surface area contributed by atoms with E-state index in [-0.39, 0.29) is 11.9 Å². The third-order valence-corrected chi connectivity index (χ3v) is 2.99. The number of nitrogen functional groups attached to an aromatic ring is 1. The van der Waals surface area contributed by atoms with E-state index in [0.717, 1.165) is 18.7 Å². The standard InChI is InChI=1S/C11H14ClN3O/c12-7-1-2-10(9(5-7)11(13)14)15-4-3-8(16)6-15/h1-2,5,8,16H,3-4,6H2,(H3,13,14). The maximum absolute atomic E-state index is 9.49. The Morgan fingerprint density at radius 2 is 2.31 bits per heavy atom. The van der Waals surface area contributed by atoms with Crippen molar-refractivity contribution in [3.05, 3.63) is 28.8 Å². The molecule has 1 aromatic carbocycles. The molecule has 0 amide bonds. The van der Waals surface area contributed by atoms with Crippen LogP contribution in [0.4, 0.5) is 5.69 Å². The lowest BCUT2D eigenvalue weighted by atomic mass is 10.1. The molecule has 0 aromatic heterocycles. The van der Waals surface area contributed by atoms with Crippen LogP contribution in [0, 0.1) is 5.41 Å². The van der Waals surface area contributed by atoms with Crippen LogP contribution < -0.4 is 10.6 Å². The number of aliphatic hydroxyl groups excluding tert-OH is 1. The minimum absolute atomic E-state index is 0.00103. The van der Waals surface area contributed by atoms with Gasteiger partial charge in [0, 0.05) is 29.4 Å². The summed E-state index contributed by atoms with van der Waals surface area (Å²) in [5.41, 5.74) is 7.02. The van der Waals surface area contributed by atoms with Gasteiger partial charge in [-0.2, -0.15) is 0 Å². The van der Waals surface area contributed by atoms with Gasteiger partial charge >= 0.3 is 0 Å². The molecule has 16 heavy (non-hydrogen) atoms. The summed E-state index contributed by atoms with van der Waals surface area (Å²) in [6.07, 6.45) is 0.454. The fourth-order valence-corrected chi connectivity index (χ4v) is 2.13. The number of aliphatic hydroxyl groups is 1. The number of hydrogen-bond donors (Lipinski definition) is 3. The molecule has 4 nitrogen and oxygen atoms in total. The van der Waals surface area contributed by atoms with E-state index in [1.54, 1.807) is 12.1 Å². The van der Waals surface area contributed by atoms with Gasteiger partial charge in [0.2, 0.25) is 0 Å². The van der Waals surface area contributed by atoms with E-state index in [4.69, 9.17) is 22.7 Å². The molecule has 1 saturated heterocycles. The quantitative estimate of drug-likeness (QED) is 0.536. The molecule has 2 rings (SSSR count). The molecule has 0 aliphatic carbocycles. The van der Waals surface area contributed by atoms with Crippen LogP contribution in [0.5, 0.6) is 0 Å². The average Bonchev–Trinajstić information content (AvgIpc) is 2.64. The lowest BCUT2D eigenvalue weighted by Gasteiger charge is -2.21. The zero-order chi connectivity index (χ0) is 11.7. The third-order valence-electron chi connectivity index (χ3n) is 2.75. The number of halogens is 1. The molecule has 1 aliphatic rings. The van der Waals surface area contributed by atoms with Crippen molar-refractivity contribution >= 4 is 23.1 Å². The predicted octanol–water partition coefficient (Wildman–Crippen LogP) is 1.20. The number of β-amino-alcohol motifs (C(OH)–C–C–N with tert-alkyl or cyclic N) is 1. The van der Waals surface area contributed by atoms with E-state index in [1.807, 2.05) is 11.0 Å². The molecule has 4 N–H and O–H groups in total. The molecule has 1 heterocycles. The topological polar surface area (TPSA) is 73.3 Å². The van der Waals surface area contributed by atoms with Gasteiger partial charge in [0.15, 0.2) is 0 Å². The second-order valence-corrected chi connectivity index (χ2v) is 4.40. The van der Waals surface area contributed by atoms with Crippen LogP contribution in [0.3, 0.4) is 0 Å². The van der Waals surface area contributed by atoms with Gasteiger partial charge in [0.25, 0.3) is 0 Å². The highest BCUT2D eigenvalue weighted by Gasteiger charge is 2.22. The Bertz CT molecular complexity index is 422. The van der Waals surface area contributed by atoms with Crippen molar-refractivity contribution in [2.75, 3.05) is 18.0 Å². The summed E-state index contributed by atoms with van der Waals surface area (Å²) >= 11 is 5.88. The first-order valence-electron chi connectivity index (χ1n) is 5.15. The van der Waals surface area contributed by atoms with Crippen molar-refractivity contribution in [2.45, 2.75) is 12.5 Å². The second-order valence-electron chi connectivity index (χ2n) is 3.96. The fraction of sp³-hybridized carbons (Fsp3) is 0.364. The molecule has 1 atom stereocenters. The van der Waals surface area contributed by atoms with Gasteiger partial charge in [0.1, 0.15) is 5.84 Å². The fourth-order valence-electron chi connectivity index (χ4n) is 1.96. The SMILES string of the molecule is N=C(N)c1cc(Cl)ccc1N1CCC(O)C1. The van der Waals surface area contributed by atoms with Crippen LogP contribution >= 0.6 is 11.6 Å². The van der Waals surface area contributed by atoms with Crippen molar-refractivity contribution in [3.8, 4) is 0 Å². The second kappa shape index (κ2) is 4.31. The highest BCUT2D eigenvalue weighted by molar-refractivity contribution is 6.31. The predicted molar refractivity (Wildman–Crippen MR) is 65.3 cm³/mol. The van der Waals surface area contributed by atoms with Crippen molar-refractivity contribution in [1.29, 1.82) is 5.41 Å². The Kier molecular flexibility index (Phi) is 3.03. The van der Waals surface area contributed by atoms with Crippen LogP contribution in [0.25, 0.3) is 0 Å². The zero-order valence-corrected chi connectivity index (χ0v) is 9.54. The van der Waals surface area contributed by atoms with Crippen molar-refractivity contribution < 1.29 is 5.11 Å². The van der Waals surface area contributed by atoms with Gasteiger partial charge in [-0.15, -0.1) is 0 Å². The molecule has 5 heteroatoms.